The lowest BCUT2D eigenvalue weighted by Crippen LogP contribution is -2.34. The molecule has 0 aliphatic rings. The number of para-hydroxylation sites is 1. The summed E-state index contributed by atoms with van der Waals surface area (Å²) in [5.41, 5.74) is 2.50. The second-order valence-electron chi connectivity index (χ2n) is 8.63. The lowest BCUT2D eigenvalue weighted by Gasteiger charge is -2.26. The molecule has 1 amide bonds. The van der Waals surface area contributed by atoms with E-state index in [-0.39, 0.29) is 22.9 Å². The number of anilines is 1. The van der Waals surface area contributed by atoms with Gasteiger partial charge in [0.1, 0.15) is 5.75 Å². The molecule has 0 unspecified atom stereocenters. The van der Waals surface area contributed by atoms with Crippen molar-refractivity contribution in [2.45, 2.75) is 17.2 Å². The minimum Gasteiger partial charge on any atom is -0.497 e. The zero-order valence-corrected chi connectivity index (χ0v) is 23.8. The van der Waals surface area contributed by atoms with E-state index in [4.69, 9.17) is 16.3 Å². The quantitative estimate of drug-likeness (QED) is 0.196. The number of amides is 1. The van der Waals surface area contributed by atoms with Crippen LogP contribution in [-0.2, 0) is 22.3 Å². The van der Waals surface area contributed by atoms with Gasteiger partial charge in [0, 0.05) is 23.1 Å². The fourth-order valence-corrected chi connectivity index (χ4v) is 6.45. The van der Waals surface area contributed by atoms with Gasteiger partial charge in [-0.1, -0.05) is 66.2 Å². The average molecular weight is 581 g/mol. The Labute approximate surface area is 239 Å². The number of thioether (sulfide) groups is 1. The van der Waals surface area contributed by atoms with E-state index in [9.17, 15) is 13.2 Å². The van der Waals surface area contributed by atoms with Crippen molar-refractivity contribution < 1.29 is 17.9 Å². The van der Waals surface area contributed by atoms with Crippen LogP contribution in [0.1, 0.15) is 21.5 Å². The molecule has 0 radical (unpaired) electrons. The largest absolute Gasteiger partial charge is 0.497 e. The molecule has 0 heterocycles. The molecule has 0 aliphatic heterocycles. The fraction of sp³-hybridized carbons (Fsp3) is 0.167. The second-order valence-corrected chi connectivity index (χ2v) is 12.0. The molecular weight excluding hydrogens is 552 g/mol. The molecule has 0 aromatic heterocycles. The van der Waals surface area contributed by atoms with Crippen LogP contribution in [0, 0.1) is 0 Å². The molecule has 0 spiro atoms. The molecule has 202 valence electrons. The van der Waals surface area contributed by atoms with E-state index in [1.165, 1.54) is 23.5 Å². The Hall–Kier alpha value is -3.46. The van der Waals surface area contributed by atoms with Crippen LogP contribution >= 0.6 is 23.4 Å². The average Bonchev–Trinajstić information content (AvgIpc) is 2.96. The van der Waals surface area contributed by atoms with E-state index >= 15 is 0 Å². The van der Waals surface area contributed by atoms with Gasteiger partial charge in [0.25, 0.3) is 15.9 Å². The van der Waals surface area contributed by atoms with Crippen molar-refractivity contribution in [3.63, 3.8) is 0 Å². The number of sulfonamides is 1. The normalized spacial score (nSPS) is 11.1. The molecule has 0 atom stereocenters. The summed E-state index contributed by atoms with van der Waals surface area (Å²) in [5, 5.41) is 3.64. The maximum Gasteiger partial charge on any atom is 0.264 e. The summed E-state index contributed by atoms with van der Waals surface area (Å²) in [6.07, 6.45) is 0. The van der Waals surface area contributed by atoms with E-state index in [2.05, 4.69) is 5.32 Å². The molecular formula is C30H29ClN2O4S2. The molecule has 0 bridgehead atoms. The third kappa shape index (κ3) is 7.56. The molecule has 0 saturated heterocycles. The SMILES string of the molecule is COc1ccc(S(=O)(=O)N(Cc2ccccc2)c2ccccc2C(=O)NCCSCc2cccc(Cl)c2)cc1. The smallest absolute Gasteiger partial charge is 0.264 e. The number of hydrogen-bond donors (Lipinski definition) is 1. The Morgan fingerprint density at radius 1 is 0.897 bits per heavy atom. The number of ether oxygens (including phenoxy) is 1. The van der Waals surface area contributed by atoms with E-state index in [0.717, 1.165) is 16.9 Å². The third-order valence-electron chi connectivity index (χ3n) is 5.92. The zero-order valence-electron chi connectivity index (χ0n) is 21.4. The van der Waals surface area contributed by atoms with Crippen molar-refractivity contribution >= 4 is 45.0 Å². The summed E-state index contributed by atoms with van der Waals surface area (Å²) in [7, 11) is -2.49. The molecule has 6 nitrogen and oxygen atoms in total. The van der Waals surface area contributed by atoms with Crippen LogP contribution in [0.15, 0.2) is 108 Å². The van der Waals surface area contributed by atoms with E-state index < -0.39 is 10.0 Å². The molecule has 1 N–H and O–H groups in total. The summed E-state index contributed by atoms with van der Waals surface area (Å²) in [6.45, 7) is 0.497. The van der Waals surface area contributed by atoms with E-state index in [1.54, 1.807) is 48.2 Å². The molecule has 39 heavy (non-hydrogen) atoms. The number of halogens is 1. The highest BCUT2D eigenvalue weighted by Crippen LogP contribution is 2.30. The number of benzene rings is 4. The minimum atomic E-state index is -4.01. The van der Waals surface area contributed by atoms with Gasteiger partial charge in [-0.15, -0.1) is 0 Å². The van der Waals surface area contributed by atoms with Crippen LogP contribution < -0.4 is 14.4 Å². The number of methoxy groups -OCH3 is 1. The van der Waals surface area contributed by atoms with Crippen LogP contribution in [0.5, 0.6) is 5.75 Å². The van der Waals surface area contributed by atoms with Gasteiger partial charge in [0.2, 0.25) is 0 Å². The zero-order chi connectivity index (χ0) is 27.7. The Bertz CT molecular complexity index is 1500. The Morgan fingerprint density at radius 2 is 1.59 bits per heavy atom. The van der Waals surface area contributed by atoms with Crippen molar-refractivity contribution in [3.8, 4) is 5.75 Å². The van der Waals surface area contributed by atoms with E-state index in [0.29, 0.717) is 28.8 Å². The van der Waals surface area contributed by atoms with Crippen LogP contribution in [0.25, 0.3) is 0 Å². The van der Waals surface area contributed by atoms with Crippen molar-refractivity contribution in [1.29, 1.82) is 0 Å². The van der Waals surface area contributed by atoms with Gasteiger partial charge in [-0.3, -0.25) is 9.10 Å². The van der Waals surface area contributed by atoms with Crippen molar-refractivity contribution in [3.05, 3.63) is 125 Å². The first kappa shape index (κ1) is 28.5. The van der Waals surface area contributed by atoms with Crippen LogP contribution in [-0.4, -0.2) is 33.7 Å². The van der Waals surface area contributed by atoms with Gasteiger partial charge in [-0.05, 0) is 59.7 Å². The maximum atomic E-state index is 13.9. The second kappa shape index (κ2) is 13.6. The summed E-state index contributed by atoms with van der Waals surface area (Å²) in [6, 6.07) is 30.0. The molecule has 4 aromatic carbocycles. The van der Waals surface area contributed by atoms with Crippen molar-refractivity contribution in [2.24, 2.45) is 0 Å². The highest BCUT2D eigenvalue weighted by atomic mass is 35.5. The van der Waals surface area contributed by atoms with Gasteiger partial charge >= 0.3 is 0 Å². The number of hydrogen-bond acceptors (Lipinski definition) is 5. The van der Waals surface area contributed by atoms with Gasteiger partial charge < -0.3 is 10.1 Å². The van der Waals surface area contributed by atoms with E-state index in [1.807, 2.05) is 54.6 Å². The molecule has 0 saturated carbocycles. The molecule has 0 fully saturated rings. The first-order valence-electron chi connectivity index (χ1n) is 12.3. The molecule has 4 rings (SSSR count). The fourth-order valence-electron chi connectivity index (χ4n) is 3.96. The lowest BCUT2D eigenvalue weighted by molar-refractivity contribution is 0.0957. The predicted molar refractivity (Wildman–Crippen MR) is 159 cm³/mol. The van der Waals surface area contributed by atoms with Crippen LogP contribution in [0.4, 0.5) is 5.69 Å². The Morgan fingerprint density at radius 3 is 2.31 bits per heavy atom. The number of nitrogens with zero attached hydrogens (tertiary/aromatic N) is 1. The Balaban J connectivity index is 1.54. The summed E-state index contributed by atoms with van der Waals surface area (Å²) < 4.78 is 34.3. The van der Waals surface area contributed by atoms with Crippen LogP contribution in [0.2, 0.25) is 5.02 Å². The summed E-state index contributed by atoms with van der Waals surface area (Å²) in [5.74, 6) is 1.68. The summed E-state index contributed by atoms with van der Waals surface area (Å²) in [4.78, 5) is 13.4. The van der Waals surface area contributed by atoms with Crippen molar-refractivity contribution in [1.82, 2.24) is 5.32 Å². The van der Waals surface area contributed by atoms with Crippen molar-refractivity contribution in [2.75, 3.05) is 23.7 Å². The summed E-state index contributed by atoms with van der Waals surface area (Å²) >= 11 is 7.73. The highest BCUT2D eigenvalue weighted by Gasteiger charge is 2.28. The third-order valence-corrected chi connectivity index (χ3v) is 8.96. The van der Waals surface area contributed by atoms with Crippen LogP contribution in [0.3, 0.4) is 0 Å². The lowest BCUT2D eigenvalue weighted by atomic mass is 10.1. The number of rotatable bonds is 12. The van der Waals surface area contributed by atoms with Gasteiger partial charge in [-0.2, -0.15) is 11.8 Å². The molecule has 4 aromatic rings. The van der Waals surface area contributed by atoms with Gasteiger partial charge in [0.15, 0.2) is 0 Å². The number of carbonyl (C=O) groups excluding carboxylic acids is 1. The Kier molecular flexibility index (Phi) is 9.92. The number of nitrogens with one attached hydrogen (secondary N) is 1. The molecule has 9 heteroatoms. The maximum absolute atomic E-state index is 13.9. The topological polar surface area (TPSA) is 75.7 Å². The highest BCUT2D eigenvalue weighted by molar-refractivity contribution is 7.98. The van der Waals surface area contributed by atoms with Gasteiger partial charge in [-0.25, -0.2) is 8.42 Å². The number of carbonyl (C=O) groups is 1. The first-order chi connectivity index (χ1) is 18.9. The predicted octanol–water partition coefficient (Wildman–Crippen LogP) is 6.41. The molecule has 0 aliphatic carbocycles. The monoisotopic (exact) mass is 580 g/mol. The van der Waals surface area contributed by atoms with Gasteiger partial charge in [0.05, 0.1) is 29.8 Å². The minimum absolute atomic E-state index is 0.0645. The standard InChI is InChI=1S/C30H29ClN2O4S2/c1-37-26-14-16-27(17-15-26)39(35,36)33(21-23-8-3-2-4-9-23)29-13-6-5-12-28(29)30(34)32-18-19-38-22-24-10-7-11-25(31)20-24/h2-17,20H,18-19,21-22H2,1H3,(H,32,34). The first-order valence-corrected chi connectivity index (χ1v) is 15.3.